The number of anilines is 2. The number of aromatic nitrogens is 2. The average Bonchev–Trinajstić information content (AvgIpc) is 3.65. The first-order valence-corrected chi connectivity index (χ1v) is 16.8. The summed E-state index contributed by atoms with van der Waals surface area (Å²) >= 11 is 0. The molecule has 4 nitrogen and oxygen atoms in total. The van der Waals surface area contributed by atoms with Crippen LogP contribution in [0.15, 0.2) is 139 Å². The SMILES string of the molecule is CC(C)(C1=CCCC(N2CN(C(C)(C)C)c3ccccc32)=C1)c1ccc2c3ccccc3n(-c3cc(-c4ccccc4)ccn3)c2c1. The molecule has 0 spiro atoms. The third kappa shape index (κ3) is 4.95. The van der Waals surface area contributed by atoms with E-state index in [2.05, 4.69) is 170 Å². The summed E-state index contributed by atoms with van der Waals surface area (Å²) < 4.78 is 2.34. The molecule has 6 aromatic rings. The smallest absolute Gasteiger partial charge is 0.138 e. The molecule has 0 amide bonds. The largest absolute Gasteiger partial charge is 0.347 e. The van der Waals surface area contributed by atoms with Crippen LogP contribution >= 0.6 is 0 Å². The number of pyridine rings is 1. The molecule has 2 aliphatic rings. The molecule has 0 radical (unpaired) electrons. The molecular formula is C43H42N4. The van der Waals surface area contributed by atoms with Crippen molar-refractivity contribution in [1.29, 1.82) is 0 Å². The molecule has 4 aromatic carbocycles. The van der Waals surface area contributed by atoms with Crippen molar-refractivity contribution < 1.29 is 0 Å². The van der Waals surface area contributed by atoms with Gasteiger partial charge in [0.15, 0.2) is 0 Å². The van der Waals surface area contributed by atoms with Gasteiger partial charge in [0.2, 0.25) is 0 Å². The first-order valence-electron chi connectivity index (χ1n) is 16.8. The molecule has 3 heterocycles. The summed E-state index contributed by atoms with van der Waals surface area (Å²) in [5.41, 5.74) is 11.3. The quantitative estimate of drug-likeness (QED) is 0.193. The van der Waals surface area contributed by atoms with E-state index in [1.165, 1.54) is 55.6 Å². The Kier molecular flexibility index (Phi) is 6.87. The number of allylic oxidation sites excluding steroid dienone is 4. The lowest BCUT2D eigenvalue weighted by atomic mass is 9.75. The molecule has 0 saturated heterocycles. The van der Waals surface area contributed by atoms with Crippen molar-refractivity contribution in [2.75, 3.05) is 16.5 Å². The van der Waals surface area contributed by atoms with Crippen LogP contribution in [0.25, 0.3) is 38.8 Å². The summed E-state index contributed by atoms with van der Waals surface area (Å²) in [5.74, 6) is 0.933. The molecule has 0 fully saturated rings. The lowest BCUT2D eigenvalue weighted by Gasteiger charge is -2.36. The topological polar surface area (TPSA) is 24.3 Å². The average molecular weight is 615 g/mol. The highest BCUT2D eigenvalue weighted by Gasteiger charge is 2.35. The fraction of sp³-hybridized carbons (Fsp3) is 0.233. The normalized spacial score (nSPS) is 15.3. The Hall–Kier alpha value is -5.09. The number of benzene rings is 4. The monoisotopic (exact) mass is 614 g/mol. The van der Waals surface area contributed by atoms with E-state index in [1.54, 1.807) is 0 Å². The fourth-order valence-electron chi connectivity index (χ4n) is 7.49. The van der Waals surface area contributed by atoms with Crippen LogP contribution < -0.4 is 9.80 Å². The zero-order valence-electron chi connectivity index (χ0n) is 28.0. The first kappa shape index (κ1) is 29.3. The van der Waals surface area contributed by atoms with E-state index in [4.69, 9.17) is 4.98 Å². The van der Waals surface area contributed by atoms with Crippen molar-refractivity contribution in [2.24, 2.45) is 0 Å². The van der Waals surface area contributed by atoms with Gasteiger partial charge in [-0.1, -0.05) is 92.7 Å². The third-order valence-electron chi connectivity index (χ3n) is 10.2. The maximum absolute atomic E-state index is 4.92. The van der Waals surface area contributed by atoms with Crippen LogP contribution in [0, 0.1) is 0 Å². The van der Waals surface area contributed by atoms with Gasteiger partial charge < -0.3 is 9.80 Å². The standard InChI is InChI=1S/C43H42N4/c1-42(2,3)46-29-45(38-20-11-12-21-39(38)46)34-17-13-16-32(27-34)43(4,5)33-22-23-36-35-18-9-10-19-37(35)47(40(36)28-33)41-26-31(24-25-44-41)30-14-7-6-8-15-30/h6-12,14-16,18-28H,13,17,29H2,1-5H3. The number of hydrogen-bond acceptors (Lipinski definition) is 3. The molecule has 4 heteroatoms. The minimum absolute atomic E-state index is 0.0430. The molecule has 47 heavy (non-hydrogen) atoms. The zero-order chi connectivity index (χ0) is 32.3. The Morgan fingerprint density at radius 2 is 1.38 bits per heavy atom. The van der Waals surface area contributed by atoms with E-state index in [1.807, 2.05) is 6.20 Å². The number of nitrogens with zero attached hydrogens (tertiary/aromatic N) is 4. The van der Waals surface area contributed by atoms with Gasteiger partial charge in [-0.2, -0.15) is 0 Å². The molecule has 8 rings (SSSR count). The maximum Gasteiger partial charge on any atom is 0.138 e. The van der Waals surface area contributed by atoms with Crippen LogP contribution in [0.4, 0.5) is 11.4 Å². The molecule has 0 saturated carbocycles. The van der Waals surface area contributed by atoms with Crippen LogP contribution in [0.2, 0.25) is 0 Å². The van der Waals surface area contributed by atoms with E-state index < -0.39 is 0 Å². The summed E-state index contributed by atoms with van der Waals surface area (Å²) in [6.07, 6.45) is 8.94. The molecule has 234 valence electrons. The second kappa shape index (κ2) is 11.0. The van der Waals surface area contributed by atoms with Crippen molar-refractivity contribution in [3.63, 3.8) is 0 Å². The van der Waals surface area contributed by atoms with Crippen molar-refractivity contribution in [3.05, 3.63) is 144 Å². The van der Waals surface area contributed by atoms with Gasteiger partial charge in [0.1, 0.15) is 5.82 Å². The summed E-state index contributed by atoms with van der Waals surface area (Å²) in [7, 11) is 0. The van der Waals surface area contributed by atoms with Crippen LogP contribution in [-0.4, -0.2) is 21.8 Å². The molecule has 1 aliphatic heterocycles. The Bertz CT molecular complexity index is 2190. The van der Waals surface area contributed by atoms with E-state index in [9.17, 15) is 0 Å². The van der Waals surface area contributed by atoms with E-state index >= 15 is 0 Å². The summed E-state index contributed by atoms with van der Waals surface area (Å²) in [5, 5.41) is 2.49. The fourth-order valence-corrected chi connectivity index (χ4v) is 7.49. The van der Waals surface area contributed by atoms with Gasteiger partial charge in [-0.3, -0.25) is 4.57 Å². The van der Waals surface area contributed by atoms with Crippen LogP contribution in [0.1, 0.15) is 53.0 Å². The first-order chi connectivity index (χ1) is 22.7. The highest BCUT2D eigenvalue weighted by molar-refractivity contribution is 6.09. The van der Waals surface area contributed by atoms with Gasteiger partial charge >= 0.3 is 0 Å². The van der Waals surface area contributed by atoms with Crippen LogP contribution in [-0.2, 0) is 5.41 Å². The molecule has 0 atom stereocenters. The second-order valence-corrected chi connectivity index (χ2v) is 14.5. The zero-order valence-corrected chi connectivity index (χ0v) is 28.0. The Morgan fingerprint density at radius 3 is 2.19 bits per heavy atom. The molecule has 1 aliphatic carbocycles. The number of fused-ring (bicyclic) bond motifs is 4. The number of hydrogen-bond donors (Lipinski definition) is 0. The van der Waals surface area contributed by atoms with Crippen molar-refractivity contribution in [1.82, 2.24) is 9.55 Å². The lowest BCUT2D eigenvalue weighted by molar-refractivity contribution is 0.514. The van der Waals surface area contributed by atoms with Gasteiger partial charge in [0.05, 0.1) is 29.1 Å². The second-order valence-electron chi connectivity index (χ2n) is 14.5. The molecule has 2 aromatic heterocycles. The van der Waals surface area contributed by atoms with Crippen molar-refractivity contribution >= 4 is 33.2 Å². The Balaban J connectivity index is 1.21. The van der Waals surface area contributed by atoms with Crippen LogP contribution in [0.5, 0.6) is 0 Å². The molecule has 0 N–H and O–H groups in total. The lowest BCUT2D eigenvalue weighted by Crippen LogP contribution is -2.43. The maximum atomic E-state index is 4.92. The van der Waals surface area contributed by atoms with E-state index in [-0.39, 0.29) is 11.0 Å². The highest BCUT2D eigenvalue weighted by atomic mass is 15.4. The van der Waals surface area contributed by atoms with Gasteiger partial charge in [0, 0.05) is 33.6 Å². The van der Waals surface area contributed by atoms with Crippen molar-refractivity contribution in [2.45, 2.75) is 58.4 Å². The Labute approximate surface area is 278 Å². The molecule has 0 bridgehead atoms. The number of para-hydroxylation sites is 3. The van der Waals surface area contributed by atoms with Crippen LogP contribution in [0.3, 0.4) is 0 Å². The minimum Gasteiger partial charge on any atom is -0.347 e. The van der Waals surface area contributed by atoms with E-state index in [0.717, 1.165) is 30.9 Å². The van der Waals surface area contributed by atoms with Crippen molar-refractivity contribution in [3.8, 4) is 16.9 Å². The summed E-state index contributed by atoms with van der Waals surface area (Å²) in [6, 6.07) is 39.5. The Morgan fingerprint density at radius 1 is 0.660 bits per heavy atom. The van der Waals surface area contributed by atoms with Gasteiger partial charge in [-0.25, -0.2) is 4.98 Å². The molecular weight excluding hydrogens is 573 g/mol. The predicted octanol–water partition coefficient (Wildman–Crippen LogP) is 10.8. The summed E-state index contributed by atoms with van der Waals surface area (Å²) in [6.45, 7) is 12.5. The minimum atomic E-state index is -0.191. The summed E-state index contributed by atoms with van der Waals surface area (Å²) in [4.78, 5) is 9.98. The van der Waals surface area contributed by atoms with E-state index in [0.29, 0.717) is 0 Å². The van der Waals surface area contributed by atoms with Gasteiger partial charge in [-0.05, 0) is 98.4 Å². The third-order valence-corrected chi connectivity index (χ3v) is 10.2. The highest BCUT2D eigenvalue weighted by Crippen LogP contribution is 2.45. The predicted molar refractivity (Wildman–Crippen MR) is 198 cm³/mol. The van der Waals surface area contributed by atoms with Gasteiger partial charge in [0.25, 0.3) is 0 Å². The molecule has 0 unspecified atom stereocenters. The van der Waals surface area contributed by atoms with Gasteiger partial charge in [-0.15, -0.1) is 0 Å². The number of rotatable bonds is 5.